The Labute approximate surface area is 225 Å². The molecule has 0 bridgehead atoms. The normalized spacial score (nSPS) is 18.6. The van der Waals surface area contributed by atoms with Crippen LogP contribution in [-0.4, -0.2) is 31.8 Å². The van der Waals surface area contributed by atoms with E-state index >= 15 is 0 Å². The topological polar surface area (TPSA) is 112 Å². The van der Waals surface area contributed by atoms with E-state index < -0.39 is 27.7 Å². The van der Waals surface area contributed by atoms with Gasteiger partial charge in [0.2, 0.25) is 10.0 Å². The number of nitrogens with one attached hydrogen (secondary N) is 1. The second-order valence-electron chi connectivity index (χ2n) is 8.63. The molecule has 0 fully saturated rings. The third-order valence-electron chi connectivity index (χ3n) is 6.16. The van der Waals surface area contributed by atoms with E-state index in [9.17, 15) is 17.2 Å². The van der Waals surface area contributed by atoms with E-state index in [0.29, 0.717) is 33.5 Å². The average Bonchev–Trinajstić information content (AvgIpc) is 2.88. The average molecular weight is 554 g/mol. The summed E-state index contributed by atoms with van der Waals surface area (Å²) in [4.78, 5) is 4.48. The zero-order valence-corrected chi connectivity index (χ0v) is 21.4. The van der Waals surface area contributed by atoms with Gasteiger partial charge in [0.15, 0.2) is 5.96 Å². The van der Waals surface area contributed by atoms with Crippen molar-refractivity contribution < 1.29 is 17.2 Å². The lowest BCUT2D eigenvalue weighted by atomic mass is 9.90. The number of hydrogen-bond acceptors (Lipinski definition) is 6. The predicted octanol–water partition coefficient (Wildman–Crippen LogP) is 4.26. The summed E-state index contributed by atoms with van der Waals surface area (Å²) in [5.74, 6) is -0.793. The van der Waals surface area contributed by atoms with Gasteiger partial charge < -0.3 is 11.1 Å². The number of rotatable bonds is 4. The van der Waals surface area contributed by atoms with Crippen molar-refractivity contribution in [3.8, 4) is 6.07 Å². The van der Waals surface area contributed by atoms with Gasteiger partial charge in [-0.25, -0.2) is 22.2 Å². The van der Waals surface area contributed by atoms with Crippen LogP contribution in [0.2, 0.25) is 0 Å². The van der Waals surface area contributed by atoms with Crippen molar-refractivity contribution in [3.05, 3.63) is 118 Å². The number of guanidine groups is 1. The second-order valence-corrected chi connectivity index (χ2v) is 10.6. The van der Waals surface area contributed by atoms with Crippen molar-refractivity contribution in [2.24, 2.45) is 10.7 Å². The Hall–Kier alpha value is -4.04. The van der Waals surface area contributed by atoms with E-state index in [1.807, 2.05) is 6.07 Å². The largest absolute Gasteiger partial charge is 0.370 e. The quantitative estimate of drug-likeness (QED) is 0.501. The highest BCUT2D eigenvalue weighted by Crippen LogP contribution is 2.38. The molecule has 0 aliphatic carbocycles. The highest BCUT2D eigenvalue weighted by Gasteiger charge is 2.37. The summed E-state index contributed by atoms with van der Waals surface area (Å²) in [5, 5.41) is 12.1. The Kier molecular flexibility index (Phi) is 7.64. The van der Waals surface area contributed by atoms with Crippen LogP contribution in [0.15, 0.2) is 99.5 Å². The summed E-state index contributed by atoms with van der Waals surface area (Å²) in [6.07, 6.45) is 1.69. The zero-order valence-electron chi connectivity index (χ0n) is 19.8. The number of nitrogens with zero attached hydrogens (tertiary/aromatic N) is 3. The van der Waals surface area contributed by atoms with E-state index in [0.717, 1.165) is 0 Å². The number of sulfonamides is 1. The minimum absolute atomic E-state index is 0. The zero-order chi connectivity index (χ0) is 26.2. The lowest BCUT2D eigenvalue weighted by Crippen LogP contribution is -2.46. The minimum Gasteiger partial charge on any atom is -0.370 e. The lowest BCUT2D eigenvalue weighted by Gasteiger charge is -2.37. The van der Waals surface area contributed by atoms with Gasteiger partial charge in [-0.3, -0.25) is 0 Å². The first-order valence-corrected chi connectivity index (χ1v) is 12.7. The summed E-state index contributed by atoms with van der Waals surface area (Å²) < 4.78 is 56.6. The van der Waals surface area contributed by atoms with Gasteiger partial charge in [0, 0.05) is 18.8 Å². The summed E-state index contributed by atoms with van der Waals surface area (Å²) >= 11 is 0. The molecule has 2 aliphatic rings. The summed E-state index contributed by atoms with van der Waals surface area (Å²) in [5.41, 5.74) is 9.16. The van der Waals surface area contributed by atoms with Crippen LogP contribution in [-0.2, 0) is 10.0 Å². The van der Waals surface area contributed by atoms with Crippen molar-refractivity contribution in [1.82, 2.24) is 9.62 Å². The van der Waals surface area contributed by atoms with Crippen molar-refractivity contribution in [2.45, 2.75) is 10.9 Å². The SMILES string of the molecule is Cl.N#Cc1ccc(S(=O)(=O)N2CC3=C(NC(N)=NC3c3cccc(F)c3)/C(=C/c3cccc(F)c3)C2)cc1. The molecule has 2 aliphatic heterocycles. The van der Waals surface area contributed by atoms with Crippen LogP contribution in [0.4, 0.5) is 8.78 Å². The van der Waals surface area contributed by atoms with E-state index in [-0.39, 0.29) is 36.4 Å². The Morgan fingerprint density at radius 3 is 2.37 bits per heavy atom. The van der Waals surface area contributed by atoms with Crippen LogP contribution < -0.4 is 11.1 Å². The van der Waals surface area contributed by atoms with Gasteiger partial charge in [0.1, 0.15) is 17.7 Å². The Balaban J connectivity index is 0.00000336. The maximum Gasteiger partial charge on any atom is 0.243 e. The number of hydrogen-bond donors (Lipinski definition) is 2. The number of nitrogens with two attached hydrogens (primary N) is 1. The van der Waals surface area contributed by atoms with Crippen molar-refractivity contribution in [1.29, 1.82) is 5.26 Å². The van der Waals surface area contributed by atoms with Crippen LogP contribution in [0.3, 0.4) is 0 Å². The third-order valence-corrected chi connectivity index (χ3v) is 7.97. The van der Waals surface area contributed by atoms with Crippen LogP contribution in [0.25, 0.3) is 6.08 Å². The van der Waals surface area contributed by atoms with Gasteiger partial charge in [-0.1, -0.05) is 24.3 Å². The van der Waals surface area contributed by atoms with Crippen molar-refractivity contribution in [2.75, 3.05) is 13.1 Å². The summed E-state index contributed by atoms with van der Waals surface area (Å²) in [7, 11) is -4.00. The van der Waals surface area contributed by atoms with Gasteiger partial charge in [0.25, 0.3) is 0 Å². The third kappa shape index (κ3) is 5.31. The Bertz CT molecular complexity index is 1630. The number of halogens is 3. The molecule has 0 radical (unpaired) electrons. The molecule has 3 aromatic rings. The fraction of sp³-hybridized carbons (Fsp3) is 0.111. The van der Waals surface area contributed by atoms with E-state index in [2.05, 4.69) is 10.3 Å². The Morgan fingerprint density at radius 2 is 1.71 bits per heavy atom. The van der Waals surface area contributed by atoms with Gasteiger partial charge >= 0.3 is 0 Å². The highest BCUT2D eigenvalue weighted by molar-refractivity contribution is 7.89. The predicted molar refractivity (Wildman–Crippen MR) is 142 cm³/mol. The van der Waals surface area contributed by atoms with Crippen LogP contribution in [0, 0.1) is 23.0 Å². The molecule has 3 aromatic carbocycles. The van der Waals surface area contributed by atoms with Crippen LogP contribution in [0.1, 0.15) is 22.7 Å². The molecular weight excluding hydrogens is 532 g/mol. The molecule has 0 spiro atoms. The second kappa shape index (κ2) is 10.8. The molecule has 2 heterocycles. The van der Waals surface area contributed by atoms with Gasteiger partial charge in [0.05, 0.1) is 16.5 Å². The van der Waals surface area contributed by atoms with Crippen molar-refractivity contribution in [3.63, 3.8) is 0 Å². The number of benzene rings is 3. The van der Waals surface area contributed by atoms with E-state index in [1.54, 1.807) is 30.3 Å². The summed E-state index contributed by atoms with van der Waals surface area (Å²) in [6, 6.07) is 18.7. The molecule has 0 saturated carbocycles. The van der Waals surface area contributed by atoms with E-state index in [1.165, 1.54) is 52.8 Å². The maximum atomic E-state index is 14.1. The summed E-state index contributed by atoms with van der Waals surface area (Å²) in [6.45, 7) is -0.0725. The molecular formula is C27H22ClF2N5O2S. The molecule has 11 heteroatoms. The molecule has 0 saturated heterocycles. The molecule has 0 amide bonds. The first kappa shape index (κ1) is 27.0. The molecule has 7 nitrogen and oxygen atoms in total. The monoisotopic (exact) mass is 553 g/mol. The molecule has 0 aromatic heterocycles. The van der Waals surface area contributed by atoms with Crippen LogP contribution in [0.5, 0.6) is 0 Å². The standard InChI is InChI=1S/C27H21F2N5O2S.ClH/c28-21-5-1-3-18(12-21)11-20-15-34(37(35,36)23-9-7-17(14-30)8-10-23)16-24-25(32-27(31)33-26(20)24)19-4-2-6-22(29)13-19;/h1-13,25H,15-16H2,(H3,31,32,33);1H/b20-11+;. The molecule has 38 heavy (non-hydrogen) atoms. The first-order chi connectivity index (χ1) is 17.7. The molecule has 1 atom stereocenters. The van der Waals surface area contributed by atoms with Gasteiger partial charge in [-0.05, 0) is 76.9 Å². The fourth-order valence-electron chi connectivity index (χ4n) is 4.45. The minimum atomic E-state index is -4.00. The van der Waals surface area contributed by atoms with Crippen molar-refractivity contribution >= 4 is 34.5 Å². The molecule has 194 valence electrons. The number of nitriles is 1. The first-order valence-electron chi connectivity index (χ1n) is 11.3. The fourth-order valence-corrected chi connectivity index (χ4v) is 5.85. The van der Waals surface area contributed by atoms with E-state index in [4.69, 9.17) is 11.0 Å². The molecule has 5 rings (SSSR count). The molecule has 3 N–H and O–H groups in total. The number of aliphatic imine (C=N–C) groups is 1. The van der Waals surface area contributed by atoms with Gasteiger partial charge in [-0.2, -0.15) is 9.57 Å². The van der Waals surface area contributed by atoms with Gasteiger partial charge in [-0.15, -0.1) is 12.4 Å². The maximum absolute atomic E-state index is 14.1. The smallest absolute Gasteiger partial charge is 0.243 e. The molecule has 1 unspecified atom stereocenters. The lowest BCUT2D eigenvalue weighted by molar-refractivity contribution is 0.436. The Morgan fingerprint density at radius 1 is 1.03 bits per heavy atom. The van der Waals surface area contributed by atoms with Crippen LogP contribution >= 0.6 is 12.4 Å². The highest BCUT2D eigenvalue weighted by atomic mass is 35.5.